The highest BCUT2D eigenvalue weighted by atomic mass is 35.5. The minimum absolute atomic E-state index is 0.143. The minimum atomic E-state index is -0.174. The van der Waals surface area contributed by atoms with Gasteiger partial charge >= 0.3 is 0 Å². The summed E-state index contributed by atoms with van der Waals surface area (Å²) >= 11 is 7.61. The number of aryl methyl sites for hydroxylation is 1. The number of benzene rings is 2. The first kappa shape index (κ1) is 20.7. The van der Waals surface area contributed by atoms with Gasteiger partial charge in [0.15, 0.2) is 0 Å². The second-order valence-electron chi connectivity index (χ2n) is 6.81. The van der Waals surface area contributed by atoms with Crippen LogP contribution >= 0.6 is 23.4 Å². The molecule has 1 aliphatic rings. The van der Waals surface area contributed by atoms with Gasteiger partial charge in [0.25, 0.3) is 5.22 Å². The van der Waals surface area contributed by atoms with Crippen molar-refractivity contribution >= 4 is 40.6 Å². The maximum absolute atomic E-state index is 12.5. The van der Waals surface area contributed by atoms with Crippen molar-refractivity contribution in [3.05, 3.63) is 53.1 Å². The number of hydrogen-bond acceptors (Lipinski definition) is 7. The molecule has 1 N–H and O–H groups in total. The molecule has 2 heterocycles. The molecular formula is C21H21ClN4O3S. The van der Waals surface area contributed by atoms with Gasteiger partial charge in [-0.25, -0.2) is 0 Å². The second kappa shape index (κ2) is 9.51. The fourth-order valence-electron chi connectivity index (χ4n) is 3.12. The Morgan fingerprint density at radius 3 is 2.70 bits per heavy atom. The molecule has 0 saturated carbocycles. The zero-order chi connectivity index (χ0) is 20.9. The Morgan fingerprint density at radius 1 is 1.17 bits per heavy atom. The lowest BCUT2D eigenvalue weighted by Gasteiger charge is -2.31. The second-order valence-corrected chi connectivity index (χ2v) is 8.15. The van der Waals surface area contributed by atoms with Crippen LogP contribution in [0.25, 0.3) is 11.5 Å². The van der Waals surface area contributed by atoms with Crippen molar-refractivity contribution in [3.63, 3.8) is 0 Å². The molecule has 9 heteroatoms. The zero-order valence-corrected chi connectivity index (χ0v) is 18.0. The Labute approximate surface area is 183 Å². The molecule has 2 aromatic carbocycles. The van der Waals surface area contributed by atoms with Gasteiger partial charge < -0.3 is 19.4 Å². The molecule has 156 valence electrons. The van der Waals surface area contributed by atoms with Gasteiger partial charge in [-0.3, -0.25) is 4.79 Å². The van der Waals surface area contributed by atoms with Crippen LogP contribution in [0.1, 0.15) is 5.56 Å². The largest absolute Gasteiger partial charge is 0.411 e. The van der Waals surface area contributed by atoms with Gasteiger partial charge in [-0.1, -0.05) is 47.1 Å². The number of nitrogens with zero attached hydrogens (tertiary/aromatic N) is 3. The molecule has 1 saturated heterocycles. The number of carbonyl (C=O) groups excluding carboxylic acids is 1. The zero-order valence-electron chi connectivity index (χ0n) is 16.4. The molecule has 4 rings (SSSR count). The van der Waals surface area contributed by atoms with E-state index in [2.05, 4.69) is 20.4 Å². The molecule has 1 fully saturated rings. The number of rotatable bonds is 6. The summed E-state index contributed by atoms with van der Waals surface area (Å²) in [6, 6.07) is 13.3. The van der Waals surface area contributed by atoms with E-state index in [1.165, 1.54) is 11.8 Å². The minimum Gasteiger partial charge on any atom is -0.411 e. The SMILES string of the molecule is Cc1ccc(-c2nnc(SCC(=O)Nc3cccc(Cl)c3N3CCOCC3)o2)cc1. The van der Waals surface area contributed by atoms with Crippen LogP contribution in [-0.4, -0.2) is 48.2 Å². The first-order chi connectivity index (χ1) is 14.6. The summed E-state index contributed by atoms with van der Waals surface area (Å²) in [5, 5.41) is 12.0. The van der Waals surface area contributed by atoms with E-state index in [1.807, 2.05) is 49.4 Å². The number of nitrogens with one attached hydrogen (secondary N) is 1. The number of hydrogen-bond donors (Lipinski definition) is 1. The predicted molar refractivity (Wildman–Crippen MR) is 118 cm³/mol. The van der Waals surface area contributed by atoms with Gasteiger partial charge in [-0.15, -0.1) is 10.2 Å². The third-order valence-electron chi connectivity index (χ3n) is 4.62. The highest BCUT2D eigenvalue weighted by Crippen LogP contribution is 2.34. The smallest absolute Gasteiger partial charge is 0.277 e. The van der Waals surface area contributed by atoms with E-state index in [0.717, 1.165) is 29.9 Å². The van der Waals surface area contributed by atoms with Gasteiger partial charge in [0.1, 0.15) is 0 Å². The molecule has 0 aliphatic carbocycles. The summed E-state index contributed by atoms with van der Waals surface area (Å²) in [5.74, 6) is 0.402. The fourth-order valence-corrected chi connectivity index (χ4v) is 3.98. The Hall–Kier alpha value is -2.55. The molecule has 30 heavy (non-hydrogen) atoms. The van der Waals surface area contributed by atoms with E-state index in [-0.39, 0.29) is 11.7 Å². The van der Waals surface area contributed by atoms with E-state index in [0.29, 0.717) is 35.0 Å². The highest BCUT2D eigenvalue weighted by Gasteiger charge is 2.19. The van der Waals surface area contributed by atoms with Crippen LogP contribution in [0.4, 0.5) is 11.4 Å². The summed E-state index contributed by atoms with van der Waals surface area (Å²) < 4.78 is 11.1. The molecule has 0 bridgehead atoms. The number of morpholine rings is 1. The van der Waals surface area contributed by atoms with E-state index >= 15 is 0 Å². The van der Waals surface area contributed by atoms with Crippen LogP contribution in [0.15, 0.2) is 52.1 Å². The van der Waals surface area contributed by atoms with E-state index < -0.39 is 0 Å². The fraction of sp³-hybridized carbons (Fsp3) is 0.286. The summed E-state index contributed by atoms with van der Waals surface area (Å²) in [5.41, 5.74) is 3.50. The number of carbonyl (C=O) groups is 1. The van der Waals surface area contributed by atoms with Crippen molar-refractivity contribution < 1.29 is 13.9 Å². The molecule has 1 aromatic heterocycles. The quantitative estimate of drug-likeness (QED) is 0.568. The lowest BCUT2D eigenvalue weighted by molar-refractivity contribution is -0.113. The Balaban J connectivity index is 1.39. The normalized spacial score (nSPS) is 14.0. The average Bonchev–Trinajstić information content (AvgIpc) is 3.23. The Morgan fingerprint density at radius 2 is 1.93 bits per heavy atom. The number of thioether (sulfide) groups is 1. The number of aromatic nitrogens is 2. The van der Waals surface area contributed by atoms with Crippen molar-refractivity contribution in [2.24, 2.45) is 0 Å². The van der Waals surface area contributed by atoms with Crippen molar-refractivity contribution in [1.82, 2.24) is 10.2 Å². The van der Waals surface area contributed by atoms with Crippen molar-refractivity contribution in [2.45, 2.75) is 12.1 Å². The lowest BCUT2D eigenvalue weighted by atomic mass is 10.1. The van der Waals surface area contributed by atoms with Crippen LogP contribution in [0, 0.1) is 6.92 Å². The number of amides is 1. The predicted octanol–water partition coefficient (Wildman–Crippen LogP) is 4.27. The van der Waals surface area contributed by atoms with Gasteiger partial charge in [0.2, 0.25) is 11.8 Å². The molecule has 0 atom stereocenters. The maximum atomic E-state index is 12.5. The number of para-hydroxylation sites is 1. The van der Waals surface area contributed by atoms with Gasteiger partial charge in [-0.05, 0) is 31.2 Å². The Kier molecular flexibility index (Phi) is 6.56. The van der Waals surface area contributed by atoms with Crippen LogP contribution < -0.4 is 10.2 Å². The average molecular weight is 445 g/mol. The van der Waals surface area contributed by atoms with E-state index in [9.17, 15) is 4.79 Å². The third-order valence-corrected chi connectivity index (χ3v) is 5.74. The van der Waals surface area contributed by atoms with Crippen LogP contribution in [-0.2, 0) is 9.53 Å². The standard InChI is InChI=1S/C21H21ClN4O3S/c1-14-5-7-15(8-6-14)20-24-25-21(29-20)30-13-18(27)23-17-4-2-3-16(22)19(17)26-9-11-28-12-10-26/h2-8H,9-13H2,1H3,(H,23,27). The molecule has 0 radical (unpaired) electrons. The van der Waals surface area contributed by atoms with Gasteiger partial charge in [0.05, 0.1) is 35.4 Å². The van der Waals surface area contributed by atoms with E-state index in [4.69, 9.17) is 20.8 Å². The first-order valence-electron chi connectivity index (χ1n) is 9.54. The molecule has 0 spiro atoms. The molecule has 1 aliphatic heterocycles. The van der Waals surface area contributed by atoms with Crippen molar-refractivity contribution in [3.8, 4) is 11.5 Å². The first-order valence-corrected chi connectivity index (χ1v) is 10.9. The maximum Gasteiger partial charge on any atom is 0.277 e. The third kappa shape index (κ3) is 4.95. The summed E-state index contributed by atoms with van der Waals surface area (Å²) in [4.78, 5) is 14.7. The number of anilines is 2. The monoisotopic (exact) mass is 444 g/mol. The molecule has 1 amide bonds. The summed E-state index contributed by atoms with van der Waals surface area (Å²) in [7, 11) is 0. The van der Waals surface area contributed by atoms with Crippen LogP contribution in [0.3, 0.4) is 0 Å². The van der Waals surface area contributed by atoms with Gasteiger partial charge in [0, 0.05) is 18.7 Å². The molecular weight excluding hydrogens is 424 g/mol. The molecule has 0 unspecified atom stereocenters. The number of ether oxygens (including phenoxy) is 1. The lowest BCUT2D eigenvalue weighted by Crippen LogP contribution is -2.37. The summed E-state index contributed by atoms with van der Waals surface area (Å²) in [6.45, 7) is 4.74. The van der Waals surface area contributed by atoms with Gasteiger partial charge in [-0.2, -0.15) is 0 Å². The van der Waals surface area contributed by atoms with E-state index in [1.54, 1.807) is 0 Å². The Bertz CT molecular complexity index is 1020. The number of halogens is 1. The van der Waals surface area contributed by atoms with Crippen molar-refractivity contribution in [1.29, 1.82) is 0 Å². The molecule has 7 nitrogen and oxygen atoms in total. The van der Waals surface area contributed by atoms with Crippen molar-refractivity contribution in [2.75, 3.05) is 42.3 Å². The molecule has 3 aromatic rings. The van der Waals surface area contributed by atoms with Crippen LogP contribution in [0.5, 0.6) is 0 Å². The highest BCUT2D eigenvalue weighted by molar-refractivity contribution is 7.99. The van der Waals surface area contributed by atoms with Crippen LogP contribution in [0.2, 0.25) is 5.02 Å². The topological polar surface area (TPSA) is 80.5 Å². The summed E-state index contributed by atoms with van der Waals surface area (Å²) in [6.07, 6.45) is 0.